The van der Waals surface area contributed by atoms with Gasteiger partial charge in [0.15, 0.2) is 12.0 Å². The lowest BCUT2D eigenvalue weighted by Gasteiger charge is -2.21. The van der Waals surface area contributed by atoms with Gasteiger partial charge in [-0.05, 0) is 63.4 Å². The van der Waals surface area contributed by atoms with Gasteiger partial charge in [0.2, 0.25) is 5.67 Å². The Hall–Kier alpha value is -3.42. The van der Waals surface area contributed by atoms with E-state index in [2.05, 4.69) is 16.9 Å². The van der Waals surface area contributed by atoms with Gasteiger partial charge in [-0.1, -0.05) is 63.3 Å². The van der Waals surface area contributed by atoms with Gasteiger partial charge in [0.25, 0.3) is 0 Å². The van der Waals surface area contributed by atoms with Crippen LogP contribution >= 0.6 is 0 Å². The van der Waals surface area contributed by atoms with Crippen molar-refractivity contribution in [1.82, 2.24) is 9.97 Å². The largest absolute Gasteiger partial charge is 0.487 e. The van der Waals surface area contributed by atoms with Gasteiger partial charge in [-0.3, -0.25) is 0 Å². The number of hydrogen-bond donors (Lipinski definition) is 0. The first-order valence-corrected chi connectivity index (χ1v) is 14.0. The number of carbonyl (C=O) groups is 1. The number of esters is 1. The summed E-state index contributed by atoms with van der Waals surface area (Å²) in [6.07, 6.45) is 5.03. The molecule has 3 aromatic rings. The summed E-state index contributed by atoms with van der Waals surface area (Å²) in [6.45, 7) is 6.05. The van der Waals surface area contributed by atoms with Gasteiger partial charge in [-0.2, -0.15) is 0 Å². The molecule has 0 saturated heterocycles. The topological polar surface area (TPSA) is 61.3 Å². The molecular formula is C32H39F3N2O3. The Morgan fingerprint density at radius 1 is 0.900 bits per heavy atom. The van der Waals surface area contributed by atoms with Crippen LogP contribution in [-0.2, 0) is 4.79 Å². The molecule has 8 heteroatoms. The van der Waals surface area contributed by atoms with Gasteiger partial charge in [0.1, 0.15) is 23.8 Å². The average molecular weight is 557 g/mol. The molecular weight excluding hydrogens is 517 g/mol. The normalized spacial score (nSPS) is 15.1. The van der Waals surface area contributed by atoms with Gasteiger partial charge in [-0.25, -0.2) is 27.9 Å². The lowest BCUT2D eigenvalue weighted by Crippen LogP contribution is -2.34. The average Bonchev–Trinajstić information content (AvgIpc) is 2.95. The van der Waals surface area contributed by atoms with Crippen molar-refractivity contribution in [2.45, 2.75) is 96.8 Å². The Bertz CT molecular complexity index is 1200. The Morgan fingerprint density at radius 2 is 1.52 bits per heavy atom. The minimum absolute atomic E-state index is 0.135. The molecule has 1 heterocycles. The number of ether oxygens (including phenoxy) is 2. The van der Waals surface area contributed by atoms with Crippen molar-refractivity contribution in [2.24, 2.45) is 0 Å². The number of aromatic nitrogens is 2. The lowest BCUT2D eigenvalue weighted by atomic mass is 9.99. The summed E-state index contributed by atoms with van der Waals surface area (Å²) >= 11 is 0. The number of alkyl halides is 3. The van der Waals surface area contributed by atoms with E-state index >= 15 is 0 Å². The zero-order valence-electron chi connectivity index (χ0n) is 23.7. The number of benzene rings is 2. The Morgan fingerprint density at radius 3 is 2.17 bits per heavy atom. The van der Waals surface area contributed by atoms with E-state index in [1.807, 2.05) is 0 Å². The number of nitrogens with zero attached hydrogens (tertiary/aromatic N) is 2. The molecule has 0 bridgehead atoms. The summed E-state index contributed by atoms with van der Waals surface area (Å²) in [5.41, 5.74) is -0.00378. The van der Waals surface area contributed by atoms with Crippen LogP contribution in [0.15, 0.2) is 60.9 Å². The Balaban J connectivity index is 1.61. The molecule has 0 aliphatic carbocycles. The van der Waals surface area contributed by atoms with Gasteiger partial charge in [-0.15, -0.1) is 0 Å². The quantitative estimate of drug-likeness (QED) is 0.106. The standard InChI is InChI=1S/C32H39F3N2O3/c1-5-6-7-8-9-12-19-32(4,35)31(38)40-26-17-15-24(16-18-26)25-20-36-30(37-21-25)27-13-10-11-14-28(27)39-23(3)29(34)22(2)33/h10-11,13-18,20-23,29H,5-9,12,19H2,1-4H3. The molecule has 0 aliphatic heterocycles. The highest BCUT2D eigenvalue weighted by molar-refractivity contribution is 5.81. The first kappa shape index (κ1) is 31.1. The molecule has 4 unspecified atom stereocenters. The Labute approximate surface area is 235 Å². The van der Waals surface area contributed by atoms with Crippen LogP contribution in [0.5, 0.6) is 11.5 Å². The SMILES string of the molecule is CCCCCCCCC(C)(F)C(=O)Oc1ccc(-c2cnc(-c3ccccc3OC(C)C(F)C(C)F)nc2)cc1. The maximum atomic E-state index is 14.9. The van der Waals surface area contributed by atoms with Gasteiger partial charge in [0.05, 0.1) is 5.56 Å². The highest BCUT2D eigenvalue weighted by atomic mass is 19.2. The molecule has 2 aromatic carbocycles. The van der Waals surface area contributed by atoms with Crippen molar-refractivity contribution in [1.29, 1.82) is 0 Å². The second-order valence-electron chi connectivity index (χ2n) is 10.4. The minimum Gasteiger partial charge on any atom is -0.487 e. The predicted molar refractivity (Wildman–Crippen MR) is 152 cm³/mol. The van der Waals surface area contributed by atoms with Crippen LogP contribution in [0, 0.1) is 0 Å². The molecule has 0 radical (unpaired) electrons. The molecule has 0 amide bonds. The molecule has 3 rings (SSSR count). The smallest absolute Gasteiger partial charge is 0.348 e. The van der Waals surface area contributed by atoms with Crippen LogP contribution in [0.2, 0.25) is 0 Å². The van der Waals surface area contributed by atoms with Crippen LogP contribution < -0.4 is 9.47 Å². The zero-order valence-corrected chi connectivity index (χ0v) is 23.7. The van der Waals surface area contributed by atoms with E-state index in [4.69, 9.17) is 9.47 Å². The fourth-order valence-corrected chi connectivity index (χ4v) is 4.28. The number of unbranched alkanes of at least 4 members (excludes halogenated alkanes) is 5. The monoisotopic (exact) mass is 556 g/mol. The molecule has 0 aliphatic rings. The molecule has 216 valence electrons. The van der Waals surface area contributed by atoms with Crippen molar-refractivity contribution < 1.29 is 27.4 Å². The fourth-order valence-electron chi connectivity index (χ4n) is 4.28. The number of hydrogen-bond acceptors (Lipinski definition) is 5. The number of carbonyl (C=O) groups excluding carboxylic acids is 1. The lowest BCUT2D eigenvalue weighted by molar-refractivity contribution is -0.147. The van der Waals surface area contributed by atoms with E-state index in [0.29, 0.717) is 29.1 Å². The summed E-state index contributed by atoms with van der Waals surface area (Å²) in [4.78, 5) is 21.3. The molecule has 40 heavy (non-hydrogen) atoms. The third-order valence-electron chi connectivity index (χ3n) is 6.80. The second kappa shape index (κ2) is 14.8. The molecule has 0 spiro atoms. The zero-order chi connectivity index (χ0) is 29.1. The second-order valence-corrected chi connectivity index (χ2v) is 10.4. The van der Waals surface area contributed by atoms with Gasteiger partial charge >= 0.3 is 5.97 Å². The van der Waals surface area contributed by atoms with Crippen LogP contribution in [0.1, 0.15) is 72.6 Å². The molecule has 0 fully saturated rings. The first-order chi connectivity index (χ1) is 19.1. The fraction of sp³-hybridized carbons (Fsp3) is 0.469. The first-order valence-electron chi connectivity index (χ1n) is 14.0. The third kappa shape index (κ3) is 8.80. The number of rotatable bonds is 15. The molecule has 5 nitrogen and oxygen atoms in total. The van der Waals surface area contributed by atoms with E-state index in [1.54, 1.807) is 60.9 Å². The number of para-hydroxylation sites is 1. The van der Waals surface area contributed by atoms with Crippen LogP contribution in [-0.4, -0.2) is 40.1 Å². The summed E-state index contributed by atoms with van der Waals surface area (Å²) < 4.78 is 53.3. The summed E-state index contributed by atoms with van der Waals surface area (Å²) in [5.74, 6) is 0.0887. The Kier molecular flexibility index (Phi) is 11.5. The molecule has 0 N–H and O–H groups in total. The maximum Gasteiger partial charge on any atom is 0.348 e. The number of halogens is 3. The molecule has 1 aromatic heterocycles. The van der Waals surface area contributed by atoms with E-state index in [1.165, 1.54) is 20.3 Å². The molecule has 0 saturated carbocycles. The summed E-state index contributed by atoms with van der Waals surface area (Å²) in [7, 11) is 0. The maximum absolute atomic E-state index is 14.9. The van der Waals surface area contributed by atoms with Crippen molar-refractivity contribution in [2.75, 3.05) is 0 Å². The van der Waals surface area contributed by atoms with Crippen molar-refractivity contribution in [3.05, 3.63) is 60.9 Å². The predicted octanol–water partition coefficient (Wildman–Crippen LogP) is 8.66. The third-order valence-corrected chi connectivity index (χ3v) is 6.80. The van der Waals surface area contributed by atoms with Crippen molar-refractivity contribution >= 4 is 5.97 Å². The van der Waals surface area contributed by atoms with Crippen LogP contribution in [0.3, 0.4) is 0 Å². The highest BCUT2D eigenvalue weighted by Crippen LogP contribution is 2.31. The summed E-state index contributed by atoms with van der Waals surface area (Å²) in [6, 6.07) is 13.6. The van der Waals surface area contributed by atoms with Gasteiger partial charge in [0, 0.05) is 18.0 Å². The van der Waals surface area contributed by atoms with E-state index in [9.17, 15) is 18.0 Å². The van der Waals surface area contributed by atoms with Gasteiger partial charge < -0.3 is 9.47 Å². The minimum atomic E-state index is -2.04. The van der Waals surface area contributed by atoms with Crippen LogP contribution in [0.25, 0.3) is 22.5 Å². The van der Waals surface area contributed by atoms with Crippen LogP contribution in [0.4, 0.5) is 13.2 Å². The van der Waals surface area contributed by atoms with E-state index in [-0.39, 0.29) is 12.2 Å². The van der Waals surface area contributed by atoms with E-state index in [0.717, 1.165) is 38.2 Å². The molecule has 4 atom stereocenters. The highest BCUT2D eigenvalue weighted by Gasteiger charge is 2.34. The summed E-state index contributed by atoms with van der Waals surface area (Å²) in [5, 5.41) is 0. The van der Waals surface area contributed by atoms with Crippen molar-refractivity contribution in [3.8, 4) is 34.0 Å². The van der Waals surface area contributed by atoms with Crippen molar-refractivity contribution in [3.63, 3.8) is 0 Å². The van der Waals surface area contributed by atoms with E-state index < -0.39 is 30.1 Å².